The molecule has 9 heavy (non-hydrogen) atoms. The Kier molecular flexibility index (Phi) is 2.49. The Morgan fingerprint density at radius 3 is 2.33 bits per heavy atom. The minimum absolute atomic E-state index is 0.224. The van der Waals surface area contributed by atoms with Crippen molar-refractivity contribution in [2.45, 2.75) is 19.3 Å². The van der Waals surface area contributed by atoms with E-state index in [1.165, 1.54) is 12.8 Å². The molecule has 0 aromatic heterocycles. The highest BCUT2D eigenvalue weighted by molar-refractivity contribution is 4.80. The summed E-state index contributed by atoms with van der Waals surface area (Å²) >= 11 is 0. The van der Waals surface area contributed by atoms with Crippen LogP contribution in [0.3, 0.4) is 0 Å². The number of hydrogen-bond donors (Lipinski definition) is 2. The van der Waals surface area contributed by atoms with Crippen LogP contribution in [0, 0.1) is 11.8 Å². The first-order chi connectivity index (χ1) is 4.38. The molecule has 0 aromatic rings. The average molecular weight is 130 g/mol. The zero-order chi connectivity index (χ0) is 6.69. The van der Waals surface area contributed by atoms with Crippen molar-refractivity contribution in [1.29, 1.82) is 0 Å². The van der Waals surface area contributed by atoms with Gasteiger partial charge in [0.2, 0.25) is 0 Å². The maximum absolute atomic E-state index is 8.76. The first-order valence-corrected chi connectivity index (χ1v) is 3.60. The maximum atomic E-state index is 8.76. The smallest absolute Gasteiger partial charge is 0.0462 e. The molecule has 1 rings (SSSR count). The SMILES string of the molecule is OCCC(CO)C1CC1. The van der Waals surface area contributed by atoms with Gasteiger partial charge < -0.3 is 10.2 Å². The van der Waals surface area contributed by atoms with Crippen LogP contribution in [0.1, 0.15) is 19.3 Å². The van der Waals surface area contributed by atoms with Crippen LogP contribution in [0.4, 0.5) is 0 Å². The number of rotatable bonds is 4. The van der Waals surface area contributed by atoms with Gasteiger partial charge in [0.05, 0.1) is 0 Å². The van der Waals surface area contributed by atoms with E-state index in [0.717, 1.165) is 12.3 Å². The Morgan fingerprint density at radius 2 is 2.00 bits per heavy atom. The van der Waals surface area contributed by atoms with E-state index in [1.807, 2.05) is 0 Å². The van der Waals surface area contributed by atoms with Crippen molar-refractivity contribution >= 4 is 0 Å². The van der Waals surface area contributed by atoms with Crippen LogP contribution in [-0.2, 0) is 0 Å². The van der Waals surface area contributed by atoms with Gasteiger partial charge in [-0.05, 0) is 31.1 Å². The molecule has 0 bridgehead atoms. The van der Waals surface area contributed by atoms with Gasteiger partial charge in [0.1, 0.15) is 0 Å². The second-order valence-corrected chi connectivity index (χ2v) is 2.79. The lowest BCUT2D eigenvalue weighted by Gasteiger charge is -2.09. The molecule has 1 atom stereocenters. The highest BCUT2D eigenvalue weighted by Gasteiger charge is 2.29. The lowest BCUT2D eigenvalue weighted by molar-refractivity contribution is 0.169. The topological polar surface area (TPSA) is 40.5 Å². The molecule has 1 saturated carbocycles. The third-order valence-electron chi connectivity index (χ3n) is 2.02. The Bertz CT molecular complexity index is 79.0. The molecule has 1 unspecified atom stereocenters. The fraction of sp³-hybridized carbons (Fsp3) is 1.00. The molecule has 1 aliphatic rings. The summed E-state index contributed by atoms with van der Waals surface area (Å²) in [6.07, 6.45) is 3.29. The summed E-state index contributed by atoms with van der Waals surface area (Å²) in [5, 5.41) is 17.3. The fourth-order valence-corrected chi connectivity index (χ4v) is 1.21. The Balaban J connectivity index is 2.12. The van der Waals surface area contributed by atoms with E-state index in [2.05, 4.69) is 0 Å². The van der Waals surface area contributed by atoms with Crippen molar-refractivity contribution in [1.82, 2.24) is 0 Å². The van der Waals surface area contributed by atoms with Crippen molar-refractivity contribution in [3.63, 3.8) is 0 Å². The highest BCUT2D eigenvalue weighted by atomic mass is 16.3. The first kappa shape index (κ1) is 7.03. The lowest BCUT2D eigenvalue weighted by atomic mass is 10.0. The van der Waals surface area contributed by atoms with E-state index >= 15 is 0 Å². The van der Waals surface area contributed by atoms with Gasteiger partial charge >= 0.3 is 0 Å². The van der Waals surface area contributed by atoms with Gasteiger partial charge in [0.25, 0.3) is 0 Å². The van der Waals surface area contributed by atoms with E-state index in [9.17, 15) is 0 Å². The third kappa shape index (κ3) is 1.95. The number of hydrogen-bond acceptors (Lipinski definition) is 2. The van der Waals surface area contributed by atoms with Crippen molar-refractivity contribution in [3.05, 3.63) is 0 Å². The number of aliphatic hydroxyl groups is 2. The van der Waals surface area contributed by atoms with E-state index < -0.39 is 0 Å². The Labute approximate surface area is 55.5 Å². The van der Waals surface area contributed by atoms with Crippen LogP contribution in [0.5, 0.6) is 0 Å². The molecular weight excluding hydrogens is 116 g/mol. The van der Waals surface area contributed by atoms with Gasteiger partial charge in [0, 0.05) is 13.2 Å². The van der Waals surface area contributed by atoms with Gasteiger partial charge in [0.15, 0.2) is 0 Å². The van der Waals surface area contributed by atoms with E-state index in [4.69, 9.17) is 10.2 Å². The van der Waals surface area contributed by atoms with Gasteiger partial charge in [-0.1, -0.05) is 0 Å². The second-order valence-electron chi connectivity index (χ2n) is 2.79. The van der Waals surface area contributed by atoms with E-state index in [-0.39, 0.29) is 13.2 Å². The van der Waals surface area contributed by atoms with E-state index in [1.54, 1.807) is 0 Å². The zero-order valence-corrected chi connectivity index (χ0v) is 5.58. The molecule has 2 N–H and O–H groups in total. The van der Waals surface area contributed by atoms with Crippen LogP contribution in [0.15, 0.2) is 0 Å². The van der Waals surface area contributed by atoms with Crippen LogP contribution >= 0.6 is 0 Å². The Morgan fingerprint density at radius 1 is 1.33 bits per heavy atom. The molecule has 0 radical (unpaired) electrons. The molecule has 0 saturated heterocycles. The Hall–Kier alpha value is -0.0800. The summed E-state index contributed by atoms with van der Waals surface area (Å²) < 4.78 is 0. The van der Waals surface area contributed by atoms with Gasteiger partial charge in [-0.15, -0.1) is 0 Å². The predicted octanol–water partition coefficient (Wildman–Crippen LogP) is 0.387. The van der Waals surface area contributed by atoms with E-state index in [0.29, 0.717) is 5.92 Å². The normalized spacial score (nSPS) is 22.0. The zero-order valence-electron chi connectivity index (χ0n) is 5.58. The molecule has 54 valence electrons. The van der Waals surface area contributed by atoms with Crippen molar-refractivity contribution in [2.75, 3.05) is 13.2 Å². The summed E-state index contributed by atoms with van der Waals surface area (Å²) in [7, 11) is 0. The molecule has 0 heterocycles. The van der Waals surface area contributed by atoms with Gasteiger partial charge in [-0.2, -0.15) is 0 Å². The largest absolute Gasteiger partial charge is 0.396 e. The predicted molar refractivity (Wildman–Crippen MR) is 35.0 cm³/mol. The van der Waals surface area contributed by atoms with Crippen molar-refractivity contribution < 1.29 is 10.2 Å². The summed E-state index contributed by atoms with van der Waals surface area (Å²) in [4.78, 5) is 0. The summed E-state index contributed by atoms with van der Waals surface area (Å²) in [6, 6.07) is 0. The quantitative estimate of drug-likeness (QED) is 0.578. The second kappa shape index (κ2) is 3.18. The van der Waals surface area contributed by atoms with Crippen LogP contribution in [0.25, 0.3) is 0 Å². The lowest BCUT2D eigenvalue weighted by Crippen LogP contribution is -2.09. The molecule has 0 aliphatic heterocycles. The van der Waals surface area contributed by atoms with Crippen LogP contribution in [-0.4, -0.2) is 23.4 Å². The first-order valence-electron chi connectivity index (χ1n) is 3.60. The molecule has 0 aromatic carbocycles. The van der Waals surface area contributed by atoms with Crippen molar-refractivity contribution in [2.24, 2.45) is 11.8 Å². The number of aliphatic hydroxyl groups excluding tert-OH is 2. The minimum Gasteiger partial charge on any atom is -0.396 e. The van der Waals surface area contributed by atoms with Gasteiger partial charge in [-0.25, -0.2) is 0 Å². The summed E-state index contributed by atoms with van der Waals surface area (Å²) in [5.41, 5.74) is 0. The van der Waals surface area contributed by atoms with Crippen LogP contribution < -0.4 is 0 Å². The monoisotopic (exact) mass is 130 g/mol. The maximum Gasteiger partial charge on any atom is 0.0462 e. The molecule has 0 spiro atoms. The summed E-state index contributed by atoms with van der Waals surface area (Å²) in [5.74, 6) is 1.11. The molecule has 2 nitrogen and oxygen atoms in total. The third-order valence-corrected chi connectivity index (χ3v) is 2.02. The molecule has 2 heteroatoms. The van der Waals surface area contributed by atoms with Crippen LogP contribution in [0.2, 0.25) is 0 Å². The summed E-state index contributed by atoms with van der Waals surface area (Å²) in [6.45, 7) is 0.479. The average Bonchev–Trinajstić information content (AvgIpc) is 2.64. The molecule has 0 amide bonds. The molecule has 1 fully saturated rings. The molecule has 1 aliphatic carbocycles. The standard InChI is InChI=1S/C7H14O2/c8-4-3-7(5-9)6-1-2-6/h6-9H,1-5H2. The highest BCUT2D eigenvalue weighted by Crippen LogP contribution is 2.37. The molecular formula is C7H14O2. The van der Waals surface area contributed by atoms with Gasteiger partial charge in [-0.3, -0.25) is 0 Å². The minimum atomic E-state index is 0.224. The fourth-order valence-electron chi connectivity index (χ4n) is 1.21. The van der Waals surface area contributed by atoms with Crippen molar-refractivity contribution in [3.8, 4) is 0 Å².